The maximum absolute atomic E-state index is 11.5. The second-order valence-corrected chi connectivity index (χ2v) is 5.14. The predicted molar refractivity (Wildman–Crippen MR) is 81.5 cm³/mol. The lowest BCUT2D eigenvalue weighted by atomic mass is 10.2. The van der Waals surface area contributed by atoms with E-state index in [1.165, 1.54) is 6.92 Å². The van der Waals surface area contributed by atoms with Gasteiger partial charge in [0.05, 0.1) is 12.5 Å². The summed E-state index contributed by atoms with van der Waals surface area (Å²) in [5, 5.41) is 16.7. The maximum atomic E-state index is 11.5. The Morgan fingerprint density at radius 3 is 2.36 bits per heavy atom. The van der Waals surface area contributed by atoms with Crippen molar-refractivity contribution in [3.63, 3.8) is 0 Å². The molecule has 120 valence electrons. The average Bonchev–Trinajstić information content (AvgIpc) is 2.49. The van der Waals surface area contributed by atoms with Crippen LogP contribution >= 0.6 is 11.6 Å². The van der Waals surface area contributed by atoms with E-state index >= 15 is 0 Å². The smallest absolute Gasteiger partial charge is 0.315 e. The van der Waals surface area contributed by atoms with E-state index in [4.69, 9.17) is 16.7 Å². The number of hydrogen-bond donors (Lipinski definition) is 4. The van der Waals surface area contributed by atoms with Gasteiger partial charge >= 0.3 is 12.0 Å². The highest BCUT2D eigenvalue weighted by molar-refractivity contribution is 6.30. The molecule has 4 N–H and O–H groups in total. The fourth-order valence-electron chi connectivity index (χ4n) is 1.42. The zero-order valence-corrected chi connectivity index (χ0v) is 12.8. The summed E-state index contributed by atoms with van der Waals surface area (Å²) in [7, 11) is 0. The zero-order valence-electron chi connectivity index (χ0n) is 12.1. The molecule has 0 heterocycles. The van der Waals surface area contributed by atoms with Gasteiger partial charge in [-0.25, -0.2) is 4.79 Å². The molecule has 0 aliphatic rings. The van der Waals surface area contributed by atoms with E-state index in [0.717, 1.165) is 5.56 Å². The molecule has 0 aromatic heterocycles. The SMILES string of the molecule is CC(CNC(=O)CNC(=O)NCc1ccc(Cl)cc1)C(=O)O. The number of carboxylic acid groups (broad SMARTS) is 1. The van der Waals surface area contributed by atoms with Gasteiger partial charge in [0, 0.05) is 18.1 Å². The summed E-state index contributed by atoms with van der Waals surface area (Å²) in [4.78, 5) is 33.5. The van der Waals surface area contributed by atoms with Gasteiger partial charge in [0.1, 0.15) is 0 Å². The van der Waals surface area contributed by atoms with Gasteiger partial charge in [-0.05, 0) is 17.7 Å². The molecule has 1 aromatic rings. The number of hydrogen-bond acceptors (Lipinski definition) is 3. The van der Waals surface area contributed by atoms with Crippen LogP contribution in [0.5, 0.6) is 0 Å². The van der Waals surface area contributed by atoms with Gasteiger partial charge in [-0.15, -0.1) is 0 Å². The molecular weight excluding hydrogens is 310 g/mol. The van der Waals surface area contributed by atoms with Gasteiger partial charge in [-0.2, -0.15) is 0 Å². The Kier molecular flexibility index (Phi) is 7.18. The van der Waals surface area contributed by atoms with E-state index in [0.29, 0.717) is 11.6 Å². The largest absolute Gasteiger partial charge is 0.481 e. The van der Waals surface area contributed by atoms with Crippen LogP contribution in [0.3, 0.4) is 0 Å². The standard InChI is InChI=1S/C14H18ClN3O4/c1-9(13(20)21)6-16-12(19)8-18-14(22)17-7-10-2-4-11(15)5-3-10/h2-5,9H,6-8H2,1H3,(H,16,19)(H,20,21)(H2,17,18,22). The summed E-state index contributed by atoms with van der Waals surface area (Å²) in [6.45, 7) is 1.58. The Bertz CT molecular complexity index is 533. The van der Waals surface area contributed by atoms with Crippen LogP contribution < -0.4 is 16.0 Å². The number of urea groups is 1. The summed E-state index contributed by atoms with van der Waals surface area (Å²) < 4.78 is 0. The molecular formula is C14H18ClN3O4. The highest BCUT2D eigenvalue weighted by Gasteiger charge is 2.12. The molecule has 1 unspecified atom stereocenters. The van der Waals surface area contributed by atoms with Gasteiger partial charge in [-0.1, -0.05) is 30.7 Å². The summed E-state index contributed by atoms with van der Waals surface area (Å²) in [5.74, 6) is -2.12. The molecule has 1 atom stereocenters. The van der Waals surface area contributed by atoms with Gasteiger partial charge in [0.25, 0.3) is 0 Å². The first-order chi connectivity index (χ1) is 10.4. The molecule has 7 nitrogen and oxygen atoms in total. The van der Waals surface area contributed by atoms with Crippen molar-refractivity contribution in [2.75, 3.05) is 13.1 Å². The number of halogens is 1. The molecule has 0 saturated heterocycles. The van der Waals surface area contributed by atoms with E-state index < -0.39 is 23.8 Å². The van der Waals surface area contributed by atoms with Crippen molar-refractivity contribution in [3.8, 4) is 0 Å². The molecule has 0 saturated carbocycles. The third kappa shape index (κ3) is 6.94. The lowest BCUT2D eigenvalue weighted by Crippen LogP contribution is -2.43. The monoisotopic (exact) mass is 327 g/mol. The van der Waals surface area contributed by atoms with Crippen molar-refractivity contribution in [3.05, 3.63) is 34.9 Å². The van der Waals surface area contributed by atoms with Gasteiger partial charge in [0.2, 0.25) is 5.91 Å². The molecule has 0 bridgehead atoms. The van der Waals surface area contributed by atoms with E-state index in [-0.39, 0.29) is 13.1 Å². The first kappa shape index (κ1) is 17.8. The van der Waals surface area contributed by atoms with Crippen molar-refractivity contribution in [2.24, 2.45) is 5.92 Å². The quantitative estimate of drug-likeness (QED) is 0.598. The van der Waals surface area contributed by atoms with Crippen LogP contribution in [0.4, 0.5) is 4.79 Å². The van der Waals surface area contributed by atoms with E-state index in [1.807, 2.05) is 0 Å². The Balaban J connectivity index is 2.21. The number of carbonyl (C=O) groups excluding carboxylic acids is 2. The normalized spacial score (nSPS) is 11.4. The first-order valence-corrected chi connectivity index (χ1v) is 7.02. The average molecular weight is 328 g/mol. The van der Waals surface area contributed by atoms with Crippen LogP contribution in [-0.4, -0.2) is 36.1 Å². The summed E-state index contributed by atoms with van der Waals surface area (Å²) in [6.07, 6.45) is 0. The Morgan fingerprint density at radius 1 is 1.14 bits per heavy atom. The second kappa shape index (κ2) is 8.89. The molecule has 0 aliphatic heterocycles. The number of rotatable bonds is 7. The van der Waals surface area contributed by atoms with Crippen molar-refractivity contribution in [1.82, 2.24) is 16.0 Å². The first-order valence-electron chi connectivity index (χ1n) is 6.64. The highest BCUT2D eigenvalue weighted by Crippen LogP contribution is 2.08. The lowest BCUT2D eigenvalue weighted by molar-refractivity contribution is -0.141. The van der Waals surface area contributed by atoms with Gasteiger partial charge in [0.15, 0.2) is 0 Å². The van der Waals surface area contributed by atoms with Gasteiger partial charge in [-0.3, -0.25) is 9.59 Å². The number of carboxylic acids is 1. The third-order valence-corrected chi connectivity index (χ3v) is 3.05. The van der Waals surface area contributed by atoms with Gasteiger partial charge < -0.3 is 21.1 Å². The summed E-state index contributed by atoms with van der Waals surface area (Å²) in [5.41, 5.74) is 0.874. The fraction of sp³-hybridized carbons (Fsp3) is 0.357. The Labute approximate surface area is 133 Å². The van der Waals surface area contributed by atoms with E-state index in [2.05, 4.69) is 16.0 Å². The van der Waals surface area contributed by atoms with Crippen LogP contribution in [0.2, 0.25) is 5.02 Å². The summed E-state index contributed by atoms with van der Waals surface area (Å²) in [6, 6.07) is 6.50. The minimum Gasteiger partial charge on any atom is -0.481 e. The van der Waals surface area contributed by atoms with Crippen LogP contribution in [0, 0.1) is 5.92 Å². The van der Waals surface area contributed by atoms with Crippen molar-refractivity contribution >= 4 is 29.5 Å². The van der Waals surface area contributed by atoms with Crippen LogP contribution in [0.25, 0.3) is 0 Å². The number of amides is 3. The zero-order chi connectivity index (χ0) is 16.5. The number of benzene rings is 1. The molecule has 0 radical (unpaired) electrons. The van der Waals surface area contributed by atoms with Crippen molar-refractivity contribution in [2.45, 2.75) is 13.5 Å². The topological polar surface area (TPSA) is 108 Å². The molecule has 8 heteroatoms. The highest BCUT2D eigenvalue weighted by atomic mass is 35.5. The molecule has 0 aliphatic carbocycles. The van der Waals surface area contributed by atoms with E-state index in [9.17, 15) is 14.4 Å². The summed E-state index contributed by atoms with van der Waals surface area (Å²) >= 11 is 5.75. The molecule has 1 rings (SSSR count). The second-order valence-electron chi connectivity index (χ2n) is 4.71. The maximum Gasteiger partial charge on any atom is 0.315 e. The molecule has 3 amide bonds. The minimum absolute atomic E-state index is 0.0161. The van der Waals surface area contributed by atoms with Crippen molar-refractivity contribution < 1.29 is 19.5 Å². The number of carbonyl (C=O) groups is 3. The molecule has 1 aromatic carbocycles. The van der Waals surface area contributed by atoms with Crippen LogP contribution in [-0.2, 0) is 16.1 Å². The fourth-order valence-corrected chi connectivity index (χ4v) is 1.55. The lowest BCUT2D eigenvalue weighted by Gasteiger charge is -2.10. The van der Waals surface area contributed by atoms with Crippen LogP contribution in [0.1, 0.15) is 12.5 Å². The predicted octanol–water partition coefficient (Wildman–Crippen LogP) is 0.976. The Morgan fingerprint density at radius 2 is 1.77 bits per heavy atom. The van der Waals surface area contributed by atoms with E-state index in [1.54, 1.807) is 24.3 Å². The number of nitrogens with one attached hydrogen (secondary N) is 3. The third-order valence-electron chi connectivity index (χ3n) is 2.80. The van der Waals surface area contributed by atoms with Crippen LogP contribution in [0.15, 0.2) is 24.3 Å². The number of aliphatic carboxylic acids is 1. The molecule has 0 spiro atoms. The minimum atomic E-state index is -0.992. The Hall–Kier alpha value is -2.28. The van der Waals surface area contributed by atoms with Crippen molar-refractivity contribution in [1.29, 1.82) is 0 Å². The molecule has 22 heavy (non-hydrogen) atoms. The molecule has 0 fully saturated rings.